The van der Waals surface area contributed by atoms with Crippen LogP contribution in [0.4, 0.5) is 13.2 Å². The lowest BCUT2D eigenvalue weighted by atomic mass is 10.1. The van der Waals surface area contributed by atoms with Crippen molar-refractivity contribution in [2.75, 3.05) is 6.61 Å². The highest BCUT2D eigenvalue weighted by atomic mass is 19.4. The van der Waals surface area contributed by atoms with Gasteiger partial charge in [-0.1, -0.05) is 18.2 Å². The molecule has 0 N–H and O–H groups in total. The van der Waals surface area contributed by atoms with Gasteiger partial charge in [-0.3, -0.25) is 4.57 Å². The molecule has 3 aromatic rings. The van der Waals surface area contributed by atoms with E-state index in [4.69, 9.17) is 9.47 Å². The molecule has 3 rings (SSSR count). The summed E-state index contributed by atoms with van der Waals surface area (Å²) in [5.74, 6) is -0.194. The van der Waals surface area contributed by atoms with E-state index in [0.717, 1.165) is 24.3 Å². The van der Waals surface area contributed by atoms with Crippen molar-refractivity contribution >= 4 is 5.97 Å². The molecule has 0 aliphatic heterocycles. The minimum Gasteiger partial charge on any atom is -0.487 e. The first-order valence-corrected chi connectivity index (χ1v) is 8.35. The quantitative estimate of drug-likeness (QED) is 0.581. The van der Waals surface area contributed by atoms with E-state index < -0.39 is 23.4 Å². The summed E-state index contributed by atoms with van der Waals surface area (Å²) in [6, 6.07) is 12.8. The summed E-state index contributed by atoms with van der Waals surface area (Å²) in [6.07, 6.45) is 0.118. The Morgan fingerprint density at radius 1 is 1.07 bits per heavy atom. The van der Waals surface area contributed by atoms with Crippen LogP contribution in [0, 0.1) is 0 Å². The lowest BCUT2D eigenvalue weighted by molar-refractivity contribution is -0.137. The lowest BCUT2D eigenvalue weighted by Crippen LogP contribution is -2.40. The number of ether oxygens (including phenoxy) is 2. The summed E-state index contributed by atoms with van der Waals surface area (Å²) in [6.45, 7) is 1.60. The van der Waals surface area contributed by atoms with Gasteiger partial charge in [0.15, 0.2) is 0 Å². The molecule has 0 radical (unpaired) electrons. The van der Waals surface area contributed by atoms with Gasteiger partial charge in [0.1, 0.15) is 12.4 Å². The van der Waals surface area contributed by atoms with Crippen LogP contribution in [-0.2, 0) is 16.6 Å². The molecule has 28 heavy (non-hydrogen) atoms. The van der Waals surface area contributed by atoms with Gasteiger partial charge >= 0.3 is 12.1 Å². The molecule has 0 bridgehead atoms. The molecule has 0 unspecified atom stereocenters. The molecule has 1 aromatic heterocycles. The maximum atomic E-state index is 12.7. The van der Waals surface area contributed by atoms with Gasteiger partial charge in [0.05, 0.1) is 17.5 Å². The first kappa shape index (κ1) is 19.5. The van der Waals surface area contributed by atoms with Gasteiger partial charge in [-0.25, -0.2) is 9.78 Å². The van der Waals surface area contributed by atoms with Crippen molar-refractivity contribution in [1.82, 2.24) is 9.55 Å². The summed E-state index contributed by atoms with van der Waals surface area (Å²) in [5.41, 5.74) is -2.10. The van der Waals surface area contributed by atoms with Crippen molar-refractivity contribution in [2.45, 2.75) is 18.8 Å². The van der Waals surface area contributed by atoms with Gasteiger partial charge in [0.2, 0.25) is 5.72 Å². The van der Waals surface area contributed by atoms with E-state index in [1.165, 1.54) is 12.5 Å². The fourth-order valence-corrected chi connectivity index (χ4v) is 2.48. The molecule has 0 aliphatic carbocycles. The fraction of sp³-hybridized carbons (Fsp3) is 0.200. The van der Waals surface area contributed by atoms with Crippen molar-refractivity contribution in [3.8, 4) is 5.75 Å². The third-order valence-electron chi connectivity index (χ3n) is 4.06. The number of para-hydroxylation sites is 1. The summed E-state index contributed by atoms with van der Waals surface area (Å²) in [4.78, 5) is 16.5. The van der Waals surface area contributed by atoms with Crippen molar-refractivity contribution in [1.29, 1.82) is 0 Å². The average Bonchev–Trinajstić information content (AvgIpc) is 3.22. The highest BCUT2D eigenvalue weighted by Gasteiger charge is 2.34. The monoisotopic (exact) mass is 390 g/mol. The molecule has 8 heteroatoms. The van der Waals surface area contributed by atoms with Crippen molar-refractivity contribution in [2.24, 2.45) is 0 Å². The molecule has 2 aromatic carbocycles. The molecular weight excluding hydrogens is 373 g/mol. The first-order chi connectivity index (χ1) is 13.3. The van der Waals surface area contributed by atoms with Crippen LogP contribution in [-0.4, -0.2) is 22.1 Å². The van der Waals surface area contributed by atoms with Crippen LogP contribution >= 0.6 is 0 Å². The maximum absolute atomic E-state index is 12.7. The second-order valence-corrected chi connectivity index (χ2v) is 6.21. The summed E-state index contributed by atoms with van der Waals surface area (Å²) in [5, 5.41) is 0. The van der Waals surface area contributed by atoms with Crippen LogP contribution in [0.3, 0.4) is 0 Å². The van der Waals surface area contributed by atoms with Crippen LogP contribution in [0.25, 0.3) is 0 Å². The molecule has 0 aliphatic rings. The van der Waals surface area contributed by atoms with Gasteiger partial charge < -0.3 is 9.47 Å². The van der Waals surface area contributed by atoms with E-state index in [-0.39, 0.29) is 12.2 Å². The fourth-order valence-electron chi connectivity index (χ4n) is 2.48. The second-order valence-electron chi connectivity index (χ2n) is 6.21. The number of rotatable bonds is 6. The van der Waals surface area contributed by atoms with E-state index in [0.29, 0.717) is 5.75 Å². The number of benzene rings is 2. The molecule has 0 spiro atoms. The normalized spacial score (nSPS) is 13.6. The molecule has 0 amide bonds. The second kappa shape index (κ2) is 7.75. The summed E-state index contributed by atoms with van der Waals surface area (Å²) < 4.78 is 51.0. The van der Waals surface area contributed by atoms with Gasteiger partial charge in [0.25, 0.3) is 0 Å². The average molecular weight is 390 g/mol. The lowest BCUT2D eigenvalue weighted by Gasteiger charge is -2.30. The van der Waals surface area contributed by atoms with Gasteiger partial charge in [-0.05, 0) is 43.3 Å². The Labute approximate surface area is 159 Å². The van der Waals surface area contributed by atoms with E-state index >= 15 is 0 Å². The zero-order valence-corrected chi connectivity index (χ0v) is 14.9. The van der Waals surface area contributed by atoms with Crippen LogP contribution in [0.2, 0.25) is 0 Å². The maximum Gasteiger partial charge on any atom is 0.416 e. The largest absolute Gasteiger partial charge is 0.487 e. The Morgan fingerprint density at radius 3 is 2.32 bits per heavy atom. The number of nitrogens with zero attached hydrogens (tertiary/aromatic N) is 2. The van der Waals surface area contributed by atoms with Gasteiger partial charge in [-0.2, -0.15) is 13.2 Å². The van der Waals surface area contributed by atoms with Gasteiger partial charge in [-0.15, -0.1) is 0 Å². The predicted octanol–water partition coefficient (Wildman–Crippen LogP) is 4.51. The summed E-state index contributed by atoms with van der Waals surface area (Å²) in [7, 11) is 0. The Balaban J connectivity index is 1.78. The predicted molar refractivity (Wildman–Crippen MR) is 94.7 cm³/mol. The molecule has 0 fully saturated rings. The van der Waals surface area contributed by atoms with Crippen molar-refractivity contribution in [3.05, 3.63) is 84.4 Å². The Bertz CT molecular complexity index is 910. The Hall–Kier alpha value is -3.29. The van der Waals surface area contributed by atoms with Gasteiger partial charge in [0, 0.05) is 12.4 Å². The molecule has 1 heterocycles. The number of aromatic nitrogens is 2. The van der Waals surface area contributed by atoms with Crippen molar-refractivity contribution < 1.29 is 27.4 Å². The number of imidazole rings is 1. The number of hydrogen-bond acceptors (Lipinski definition) is 4. The number of halogens is 3. The Kier molecular flexibility index (Phi) is 5.39. The SMILES string of the molecule is C[C@](COc1ccccc1)(OC(=O)c1ccc(C(F)(F)F)cc1)n1ccnc1. The van der Waals surface area contributed by atoms with Crippen LogP contribution in [0.15, 0.2) is 73.3 Å². The zero-order chi connectivity index (χ0) is 20.2. The smallest absolute Gasteiger partial charge is 0.416 e. The van der Waals surface area contributed by atoms with Crippen molar-refractivity contribution in [3.63, 3.8) is 0 Å². The highest BCUT2D eigenvalue weighted by molar-refractivity contribution is 5.89. The molecule has 146 valence electrons. The molecule has 5 nitrogen and oxygen atoms in total. The number of alkyl halides is 3. The molecule has 0 saturated carbocycles. The van der Waals surface area contributed by atoms with Crippen LogP contribution < -0.4 is 4.74 Å². The number of esters is 1. The number of carbonyl (C=O) groups excluding carboxylic acids is 1. The molecule has 0 saturated heterocycles. The molecule has 1 atom stereocenters. The summed E-state index contributed by atoms with van der Waals surface area (Å²) >= 11 is 0. The third-order valence-corrected chi connectivity index (χ3v) is 4.06. The number of carbonyl (C=O) groups is 1. The van der Waals surface area contributed by atoms with E-state index in [1.807, 2.05) is 6.07 Å². The zero-order valence-electron chi connectivity index (χ0n) is 14.9. The van der Waals surface area contributed by atoms with Crippen LogP contribution in [0.1, 0.15) is 22.8 Å². The molecular formula is C20H17F3N2O3. The van der Waals surface area contributed by atoms with E-state index in [2.05, 4.69) is 4.98 Å². The third kappa shape index (κ3) is 4.51. The number of hydrogen-bond donors (Lipinski definition) is 0. The Morgan fingerprint density at radius 2 is 1.75 bits per heavy atom. The highest BCUT2D eigenvalue weighted by Crippen LogP contribution is 2.29. The topological polar surface area (TPSA) is 53.4 Å². The first-order valence-electron chi connectivity index (χ1n) is 8.35. The van der Waals surface area contributed by atoms with Crippen LogP contribution in [0.5, 0.6) is 5.75 Å². The van der Waals surface area contributed by atoms with E-state index in [1.54, 1.807) is 42.0 Å². The van der Waals surface area contributed by atoms with E-state index in [9.17, 15) is 18.0 Å². The minimum atomic E-state index is -4.47. The standard InChI is InChI=1S/C20H17F3N2O3/c1-19(25-12-11-24-14-25,13-27-17-5-3-2-4-6-17)28-18(26)15-7-9-16(10-8-15)20(21,22)23/h2-12,14H,13H2,1H3/t19-/m1/s1. The minimum absolute atomic E-state index is 0.000878.